The Morgan fingerprint density at radius 1 is 1.14 bits per heavy atom. The Hall–Kier alpha value is 0.590. The topological polar surface area (TPSA) is 74.6 Å². The Balaban J connectivity index is 0. The molecule has 0 spiro atoms. The molecule has 0 amide bonds. The third kappa shape index (κ3) is 3.31. The summed E-state index contributed by atoms with van der Waals surface area (Å²) in [5.74, 6) is -4.99. The molecule has 4 nitrogen and oxygen atoms in total. The predicted octanol–water partition coefficient (Wildman–Crippen LogP) is -0.164. The van der Waals surface area contributed by atoms with E-state index in [0.29, 0.717) is 0 Å². The average molecular weight is 250 g/mol. The molecular formula is C4H7F4NaO4S. The second-order valence-corrected chi connectivity index (χ2v) is 3.63. The first-order chi connectivity index (χ1) is 5.56. The molecule has 0 saturated carbocycles. The van der Waals surface area contributed by atoms with Crippen LogP contribution in [-0.2, 0) is 10.1 Å². The van der Waals surface area contributed by atoms with Gasteiger partial charge < -0.3 is 5.11 Å². The van der Waals surface area contributed by atoms with E-state index in [1.165, 1.54) is 0 Å². The number of rotatable bonds is 4. The molecule has 82 valence electrons. The van der Waals surface area contributed by atoms with E-state index in [0.717, 1.165) is 0 Å². The van der Waals surface area contributed by atoms with Crippen LogP contribution in [0.3, 0.4) is 0 Å². The van der Waals surface area contributed by atoms with Gasteiger partial charge in [-0.2, -0.15) is 26.0 Å². The van der Waals surface area contributed by atoms with Crippen molar-refractivity contribution in [2.45, 2.75) is 17.6 Å². The van der Waals surface area contributed by atoms with Crippen LogP contribution in [0.4, 0.5) is 17.6 Å². The zero-order valence-corrected chi connectivity index (χ0v) is 6.86. The molecule has 14 heavy (non-hydrogen) atoms. The summed E-state index contributed by atoms with van der Waals surface area (Å²) in [5.41, 5.74) is 0. The minimum absolute atomic E-state index is 0. The molecule has 0 aliphatic heterocycles. The van der Waals surface area contributed by atoms with Crippen LogP contribution in [0.1, 0.15) is 6.42 Å². The van der Waals surface area contributed by atoms with E-state index in [4.69, 9.17) is 9.66 Å². The van der Waals surface area contributed by atoms with Crippen LogP contribution in [0.2, 0.25) is 0 Å². The number of alkyl halides is 4. The van der Waals surface area contributed by atoms with Crippen molar-refractivity contribution < 1.29 is 35.6 Å². The van der Waals surface area contributed by atoms with Gasteiger partial charge in [-0.25, -0.2) is 0 Å². The Bertz CT molecular complexity index is 277. The first-order valence-electron chi connectivity index (χ1n) is 2.90. The van der Waals surface area contributed by atoms with Gasteiger partial charge in [-0.05, 0) is 0 Å². The van der Waals surface area contributed by atoms with Gasteiger partial charge in [0, 0.05) is 13.0 Å². The quantitative estimate of drug-likeness (QED) is 0.413. The second-order valence-electron chi connectivity index (χ2n) is 2.17. The summed E-state index contributed by atoms with van der Waals surface area (Å²) in [6.45, 7) is -1.32. The van der Waals surface area contributed by atoms with Gasteiger partial charge in [-0.15, -0.1) is 0 Å². The molecule has 0 aliphatic carbocycles. The van der Waals surface area contributed by atoms with Gasteiger partial charge in [0.05, 0.1) is 0 Å². The van der Waals surface area contributed by atoms with E-state index in [9.17, 15) is 26.0 Å². The fourth-order valence-electron chi connectivity index (χ4n) is 0.475. The van der Waals surface area contributed by atoms with Crippen molar-refractivity contribution in [3.63, 3.8) is 0 Å². The molecule has 0 saturated heterocycles. The van der Waals surface area contributed by atoms with Crippen molar-refractivity contribution in [2.24, 2.45) is 0 Å². The van der Waals surface area contributed by atoms with E-state index < -0.39 is 34.3 Å². The molecule has 0 fully saturated rings. The zero-order chi connectivity index (χ0) is 10.9. The first-order valence-corrected chi connectivity index (χ1v) is 4.34. The SMILES string of the molecule is O=S(=O)(O)C(F)(F)C(F)(F)CCO.[NaH]. The minimum atomic E-state index is -6.18. The van der Waals surface area contributed by atoms with E-state index in [1.54, 1.807) is 0 Å². The third-order valence-corrected chi connectivity index (χ3v) is 2.12. The van der Waals surface area contributed by atoms with Gasteiger partial charge in [0.2, 0.25) is 0 Å². The summed E-state index contributed by atoms with van der Waals surface area (Å²) in [5, 5.41) is 2.36. The first kappa shape index (κ1) is 17.0. The summed E-state index contributed by atoms with van der Waals surface area (Å²) in [6.07, 6.45) is -1.75. The summed E-state index contributed by atoms with van der Waals surface area (Å²) >= 11 is 0. The molecule has 0 aromatic rings. The summed E-state index contributed by atoms with van der Waals surface area (Å²) < 4.78 is 76.3. The van der Waals surface area contributed by atoms with E-state index >= 15 is 0 Å². The molecule has 10 heteroatoms. The molecule has 0 heterocycles. The predicted molar refractivity (Wildman–Crippen MR) is 40.3 cm³/mol. The molecule has 0 aliphatic rings. The number of halogens is 4. The molecule has 0 rings (SSSR count). The van der Waals surface area contributed by atoms with Crippen molar-refractivity contribution in [1.29, 1.82) is 0 Å². The van der Waals surface area contributed by atoms with Crippen molar-refractivity contribution in [3.05, 3.63) is 0 Å². The van der Waals surface area contributed by atoms with Crippen molar-refractivity contribution in [1.82, 2.24) is 0 Å². The fourth-order valence-corrected chi connectivity index (χ4v) is 0.954. The molecule has 0 bridgehead atoms. The molecular weight excluding hydrogens is 243 g/mol. The number of hydrogen-bond donors (Lipinski definition) is 2. The monoisotopic (exact) mass is 250 g/mol. The normalized spacial score (nSPS) is 13.6. The average Bonchev–Trinajstić information content (AvgIpc) is 1.84. The standard InChI is InChI=1S/C4H6F4O4S.Na.H/c5-3(6,1-2-9)4(7,8)13(10,11)12;;/h9H,1-2H2,(H,10,11,12);;. The van der Waals surface area contributed by atoms with E-state index in [-0.39, 0.29) is 29.6 Å². The molecule has 0 atom stereocenters. The summed E-state index contributed by atoms with van der Waals surface area (Å²) in [6, 6.07) is 0. The summed E-state index contributed by atoms with van der Waals surface area (Å²) in [7, 11) is -6.18. The molecule has 0 aromatic carbocycles. The van der Waals surface area contributed by atoms with Gasteiger partial charge in [0.15, 0.2) is 0 Å². The fraction of sp³-hybridized carbons (Fsp3) is 1.00. The molecule has 0 aromatic heterocycles. The van der Waals surface area contributed by atoms with Gasteiger partial charge in [-0.1, -0.05) is 0 Å². The zero-order valence-electron chi connectivity index (χ0n) is 6.05. The Labute approximate surface area is 99.3 Å². The Morgan fingerprint density at radius 3 is 1.71 bits per heavy atom. The van der Waals surface area contributed by atoms with Crippen LogP contribution < -0.4 is 0 Å². The van der Waals surface area contributed by atoms with Gasteiger partial charge in [0.1, 0.15) is 0 Å². The Kier molecular flexibility index (Phi) is 6.17. The number of aliphatic hydroxyl groups excluding tert-OH is 1. The van der Waals surface area contributed by atoms with Crippen LogP contribution in [-0.4, -0.2) is 65.4 Å². The molecule has 0 unspecified atom stereocenters. The number of aliphatic hydroxyl groups is 1. The second kappa shape index (κ2) is 5.08. The van der Waals surface area contributed by atoms with Gasteiger partial charge in [-0.3, -0.25) is 4.55 Å². The maximum atomic E-state index is 12.2. The van der Waals surface area contributed by atoms with Crippen molar-refractivity contribution >= 4 is 39.7 Å². The van der Waals surface area contributed by atoms with Crippen molar-refractivity contribution in [3.8, 4) is 0 Å². The Morgan fingerprint density at radius 2 is 1.50 bits per heavy atom. The van der Waals surface area contributed by atoms with Crippen LogP contribution >= 0.6 is 0 Å². The van der Waals surface area contributed by atoms with E-state index in [2.05, 4.69) is 0 Å². The van der Waals surface area contributed by atoms with Crippen LogP contribution in [0, 0.1) is 0 Å². The maximum absolute atomic E-state index is 12.2. The number of hydrogen-bond acceptors (Lipinski definition) is 3. The molecule has 2 N–H and O–H groups in total. The van der Waals surface area contributed by atoms with E-state index in [1.807, 2.05) is 0 Å². The van der Waals surface area contributed by atoms with Crippen LogP contribution in [0.5, 0.6) is 0 Å². The molecule has 0 radical (unpaired) electrons. The summed E-state index contributed by atoms with van der Waals surface area (Å²) in [4.78, 5) is 0. The third-order valence-electron chi connectivity index (χ3n) is 1.18. The van der Waals surface area contributed by atoms with Crippen LogP contribution in [0.25, 0.3) is 0 Å². The van der Waals surface area contributed by atoms with Crippen molar-refractivity contribution in [2.75, 3.05) is 6.61 Å². The van der Waals surface area contributed by atoms with Gasteiger partial charge in [0.25, 0.3) is 0 Å². The van der Waals surface area contributed by atoms with Crippen LogP contribution in [0.15, 0.2) is 0 Å². The van der Waals surface area contributed by atoms with Gasteiger partial charge >= 0.3 is 50.9 Å².